The molecule has 2 amide bonds. The van der Waals surface area contributed by atoms with E-state index in [-0.39, 0.29) is 11.3 Å². The Kier molecular flexibility index (Phi) is 3.71. The van der Waals surface area contributed by atoms with Gasteiger partial charge in [0.05, 0.1) is 5.41 Å². The average molecular weight is 279 g/mol. The fourth-order valence-corrected chi connectivity index (χ4v) is 4.21. The van der Waals surface area contributed by atoms with Crippen LogP contribution in [0, 0.1) is 11.3 Å². The molecule has 0 radical (unpaired) electrons. The van der Waals surface area contributed by atoms with E-state index in [1.807, 2.05) is 9.80 Å². The highest BCUT2D eigenvalue weighted by Crippen LogP contribution is 2.45. The van der Waals surface area contributed by atoms with E-state index >= 15 is 0 Å². The van der Waals surface area contributed by atoms with Crippen molar-refractivity contribution in [3.8, 4) is 0 Å². The highest BCUT2D eigenvalue weighted by Gasteiger charge is 2.51. The van der Waals surface area contributed by atoms with Crippen molar-refractivity contribution in [2.75, 3.05) is 39.3 Å². The molecule has 20 heavy (non-hydrogen) atoms. The third-order valence-electron chi connectivity index (χ3n) is 5.48. The molecule has 0 aromatic carbocycles. The maximum Gasteiger partial charge on any atom is 0.230 e. The number of amides is 2. The van der Waals surface area contributed by atoms with Gasteiger partial charge in [-0.05, 0) is 25.3 Å². The van der Waals surface area contributed by atoms with E-state index in [2.05, 4.69) is 5.32 Å². The van der Waals surface area contributed by atoms with Crippen LogP contribution in [-0.2, 0) is 9.59 Å². The third kappa shape index (κ3) is 2.22. The number of rotatable bonds is 1. The summed E-state index contributed by atoms with van der Waals surface area (Å²) in [7, 11) is 0. The first-order valence-electron chi connectivity index (χ1n) is 7.89. The zero-order valence-corrected chi connectivity index (χ0v) is 12.4. The van der Waals surface area contributed by atoms with Crippen LogP contribution in [0.2, 0.25) is 0 Å². The van der Waals surface area contributed by atoms with Crippen molar-refractivity contribution in [1.82, 2.24) is 15.1 Å². The Bertz CT molecular complexity index is 404. The van der Waals surface area contributed by atoms with Crippen LogP contribution in [0.1, 0.15) is 32.6 Å². The molecule has 5 heteroatoms. The number of nitrogens with zero attached hydrogens (tertiary/aromatic N) is 2. The van der Waals surface area contributed by atoms with Crippen molar-refractivity contribution in [3.63, 3.8) is 0 Å². The maximum absolute atomic E-state index is 13.0. The predicted octanol–water partition coefficient (Wildman–Crippen LogP) is 0.457. The lowest BCUT2D eigenvalue weighted by molar-refractivity contribution is -0.149. The fraction of sp³-hybridized carbons (Fsp3) is 0.867. The molecule has 5 nitrogen and oxygen atoms in total. The van der Waals surface area contributed by atoms with Gasteiger partial charge in [0.1, 0.15) is 0 Å². The van der Waals surface area contributed by atoms with Crippen LogP contribution >= 0.6 is 0 Å². The predicted molar refractivity (Wildman–Crippen MR) is 76.1 cm³/mol. The summed E-state index contributed by atoms with van der Waals surface area (Å²) in [5.74, 6) is 0.985. The number of fused-ring (bicyclic) bond motifs is 1. The van der Waals surface area contributed by atoms with Crippen molar-refractivity contribution >= 4 is 11.8 Å². The van der Waals surface area contributed by atoms with Crippen LogP contribution in [0.3, 0.4) is 0 Å². The number of carbonyl (C=O) groups excluding carboxylic acids is 2. The van der Waals surface area contributed by atoms with Gasteiger partial charge >= 0.3 is 0 Å². The van der Waals surface area contributed by atoms with Gasteiger partial charge in [-0.3, -0.25) is 9.59 Å². The minimum atomic E-state index is -0.142. The number of carbonyl (C=O) groups is 2. The lowest BCUT2D eigenvalue weighted by atomic mass is 9.67. The molecule has 0 bridgehead atoms. The van der Waals surface area contributed by atoms with Crippen molar-refractivity contribution in [2.45, 2.75) is 32.6 Å². The summed E-state index contributed by atoms with van der Waals surface area (Å²) in [5, 5.41) is 3.44. The third-order valence-corrected chi connectivity index (χ3v) is 5.48. The lowest BCUT2D eigenvalue weighted by Crippen LogP contribution is -2.56. The summed E-state index contributed by atoms with van der Waals surface area (Å²) in [6.07, 6.45) is 4.67. The second kappa shape index (κ2) is 5.35. The maximum atomic E-state index is 13.0. The van der Waals surface area contributed by atoms with Gasteiger partial charge < -0.3 is 15.1 Å². The van der Waals surface area contributed by atoms with Gasteiger partial charge in [-0.1, -0.05) is 12.8 Å². The van der Waals surface area contributed by atoms with Crippen LogP contribution in [0.4, 0.5) is 0 Å². The molecule has 2 saturated heterocycles. The van der Waals surface area contributed by atoms with E-state index in [1.165, 1.54) is 19.3 Å². The zero-order valence-electron chi connectivity index (χ0n) is 12.4. The lowest BCUT2D eigenvalue weighted by Gasteiger charge is -2.43. The first-order chi connectivity index (χ1) is 9.63. The molecule has 1 aliphatic carbocycles. The number of hydrogen-bond acceptors (Lipinski definition) is 3. The molecule has 1 saturated carbocycles. The van der Waals surface area contributed by atoms with Crippen LogP contribution in [0.5, 0.6) is 0 Å². The highest BCUT2D eigenvalue weighted by atomic mass is 16.2. The summed E-state index contributed by atoms with van der Waals surface area (Å²) in [5.41, 5.74) is -0.142. The van der Waals surface area contributed by atoms with Gasteiger partial charge in [0.15, 0.2) is 0 Å². The van der Waals surface area contributed by atoms with Crippen molar-refractivity contribution in [2.24, 2.45) is 11.3 Å². The summed E-state index contributed by atoms with van der Waals surface area (Å²) in [4.78, 5) is 28.2. The van der Waals surface area contributed by atoms with Gasteiger partial charge in [0.2, 0.25) is 11.8 Å². The molecule has 2 aliphatic heterocycles. The first-order valence-corrected chi connectivity index (χ1v) is 7.89. The largest absolute Gasteiger partial charge is 0.339 e. The zero-order chi connectivity index (χ0) is 14.2. The Morgan fingerprint density at radius 1 is 1.10 bits per heavy atom. The average Bonchev–Trinajstić information content (AvgIpc) is 2.91. The standard InChI is InChI=1S/C15H25N3O2/c1-12(19)17-6-8-18(9-7-17)14(20)15-5-3-2-4-13(15)10-16-11-15/h13,16H,2-11H2,1H3/t13-,15+/m0/s1. The van der Waals surface area contributed by atoms with Gasteiger partial charge in [-0.15, -0.1) is 0 Å². The number of piperazine rings is 1. The Balaban J connectivity index is 1.68. The van der Waals surface area contributed by atoms with Crippen molar-refractivity contribution in [1.29, 1.82) is 0 Å². The molecule has 1 N–H and O–H groups in total. The van der Waals surface area contributed by atoms with E-state index in [0.29, 0.717) is 38.0 Å². The molecule has 3 aliphatic rings. The van der Waals surface area contributed by atoms with Crippen molar-refractivity contribution in [3.05, 3.63) is 0 Å². The second-order valence-electron chi connectivity index (χ2n) is 6.53. The van der Waals surface area contributed by atoms with Gasteiger partial charge in [0, 0.05) is 39.6 Å². The fourth-order valence-electron chi connectivity index (χ4n) is 4.21. The highest BCUT2D eigenvalue weighted by molar-refractivity contribution is 5.84. The molecule has 112 valence electrons. The molecule has 0 aromatic rings. The second-order valence-corrected chi connectivity index (χ2v) is 6.53. The Morgan fingerprint density at radius 3 is 2.50 bits per heavy atom. The normalized spacial score (nSPS) is 34.0. The van der Waals surface area contributed by atoms with Crippen LogP contribution in [0.25, 0.3) is 0 Å². The Hall–Kier alpha value is -1.10. The quantitative estimate of drug-likeness (QED) is 0.758. The summed E-state index contributed by atoms with van der Waals surface area (Å²) < 4.78 is 0. The Morgan fingerprint density at radius 2 is 1.80 bits per heavy atom. The first kappa shape index (κ1) is 13.9. The van der Waals surface area contributed by atoms with Crippen LogP contribution in [-0.4, -0.2) is 60.9 Å². The van der Waals surface area contributed by atoms with Gasteiger partial charge in [0.25, 0.3) is 0 Å². The van der Waals surface area contributed by atoms with E-state index < -0.39 is 0 Å². The van der Waals surface area contributed by atoms with E-state index in [9.17, 15) is 9.59 Å². The minimum absolute atomic E-state index is 0.119. The van der Waals surface area contributed by atoms with E-state index in [1.54, 1.807) is 6.92 Å². The molecular formula is C15H25N3O2. The molecule has 0 aromatic heterocycles. The summed E-state index contributed by atoms with van der Waals surface area (Å²) in [6.45, 7) is 6.24. The molecule has 3 fully saturated rings. The topological polar surface area (TPSA) is 52.7 Å². The summed E-state index contributed by atoms with van der Waals surface area (Å²) >= 11 is 0. The van der Waals surface area contributed by atoms with Crippen LogP contribution < -0.4 is 5.32 Å². The minimum Gasteiger partial charge on any atom is -0.339 e. The summed E-state index contributed by atoms with van der Waals surface area (Å²) in [6, 6.07) is 0. The van der Waals surface area contributed by atoms with Gasteiger partial charge in [-0.2, -0.15) is 0 Å². The molecule has 3 rings (SSSR count). The van der Waals surface area contributed by atoms with Gasteiger partial charge in [-0.25, -0.2) is 0 Å². The smallest absolute Gasteiger partial charge is 0.230 e. The Labute approximate surface area is 120 Å². The molecular weight excluding hydrogens is 254 g/mol. The van der Waals surface area contributed by atoms with Crippen molar-refractivity contribution < 1.29 is 9.59 Å². The number of nitrogens with one attached hydrogen (secondary N) is 1. The number of hydrogen-bond donors (Lipinski definition) is 1. The van der Waals surface area contributed by atoms with E-state index in [4.69, 9.17) is 0 Å². The molecule has 0 spiro atoms. The SMILES string of the molecule is CC(=O)N1CCN(C(=O)[C@@]23CCCC[C@H]2CNC3)CC1. The molecule has 2 heterocycles. The molecule has 0 unspecified atom stereocenters. The monoisotopic (exact) mass is 279 g/mol. The molecule has 2 atom stereocenters. The van der Waals surface area contributed by atoms with Crippen LogP contribution in [0.15, 0.2) is 0 Å². The van der Waals surface area contributed by atoms with E-state index in [0.717, 1.165) is 19.5 Å².